The molecule has 32 heavy (non-hydrogen) atoms. The summed E-state index contributed by atoms with van der Waals surface area (Å²) in [6.45, 7) is 6.40. The van der Waals surface area contributed by atoms with Crippen molar-refractivity contribution < 1.29 is 24.0 Å². The summed E-state index contributed by atoms with van der Waals surface area (Å²) in [5.41, 5.74) is 1.30. The summed E-state index contributed by atoms with van der Waals surface area (Å²) in [5, 5.41) is 10.4. The van der Waals surface area contributed by atoms with Crippen LogP contribution in [0.5, 0.6) is 11.5 Å². The molecule has 0 aliphatic carbocycles. The average Bonchev–Trinajstić information content (AvgIpc) is 3.03. The number of carbonyl (C=O) groups is 2. The van der Waals surface area contributed by atoms with Gasteiger partial charge in [0.15, 0.2) is 11.5 Å². The fourth-order valence-electron chi connectivity index (χ4n) is 2.97. The molecule has 8 nitrogen and oxygen atoms in total. The number of nitrogens with zero attached hydrogens (tertiary/aromatic N) is 2. The number of benzene rings is 2. The number of non-ortho nitro benzene ring substituents is 1. The van der Waals surface area contributed by atoms with Crippen molar-refractivity contribution in [2.24, 2.45) is 0 Å². The molecule has 0 unspecified atom stereocenters. The van der Waals surface area contributed by atoms with Gasteiger partial charge in [0.1, 0.15) is 0 Å². The van der Waals surface area contributed by atoms with Crippen molar-refractivity contribution in [1.29, 1.82) is 0 Å². The Balaban J connectivity index is 1.78. The van der Waals surface area contributed by atoms with Gasteiger partial charge in [-0.3, -0.25) is 24.6 Å². The molecule has 1 saturated heterocycles. The van der Waals surface area contributed by atoms with Crippen molar-refractivity contribution in [3.63, 3.8) is 0 Å². The molecule has 1 aliphatic rings. The number of hydrogen-bond donors (Lipinski definition) is 0. The molecule has 9 heteroatoms. The molecule has 3 rings (SSSR count). The zero-order chi connectivity index (χ0) is 23.3. The van der Waals surface area contributed by atoms with Gasteiger partial charge in [-0.15, -0.1) is 0 Å². The van der Waals surface area contributed by atoms with E-state index in [2.05, 4.69) is 0 Å². The molecular weight excluding hydrogens is 432 g/mol. The molecule has 2 aromatic rings. The van der Waals surface area contributed by atoms with Crippen molar-refractivity contribution in [2.75, 3.05) is 6.61 Å². The second kappa shape index (κ2) is 10.3. The molecule has 2 amide bonds. The van der Waals surface area contributed by atoms with Gasteiger partial charge >= 0.3 is 0 Å². The van der Waals surface area contributed by atoms with Gasteiger partial charge in [0.25, 0.3) is 16.8 Å². The minimum Gasteiger partial charge on any atom is -0.490 e. The van der Waals surface area contributed by atoms with Gasteiger partial charge in [-0.2, -0.15) is 0 Å². The number of carbonyl (C=O) groups excluding carboxylic acids is 2. The Bertz CT molecular complexity index is 1050. The van der Waals surface area contributed by atoms with Crippen LogP contribution < -0.4 is 9.47 Å². The molecule has 0 saturated carbocycles. The number of thioether (sulfide) groups is 1. The molecule has 1 heterocycles. The van der Waals surface area contributed by atoms with Crippen molar-refractivity contribution in [2.45, 2.75) is 39.8 Å². The summed E-state index contributed by atoms with van der Waals surface area (Å²) < 4.78 is 11.6. The standard InChI is InChI=1S/C23H24N2O6S/c1-4-15(3)31-19-11-8-17(12-20(19)30-5-2)13-21-22(26)24(23(27)32-21)14-16-6-9-18(10-7-16)25(28)29/h6-13,15H,4-5,14H2,1-3H3/b21-13+/t15-/m0/s1. The van der Waals surface area contributed by atoms with Gasteiger partial charge in [0, 0.05) is 12.1 Å². The highest BCUT2D eigenvalue weighted by molar-refractivity contribution is 8.18. The molecule has 2 aromatic carbocycles. The first-order valence-electron chi connectivity index (χ1n) is 10.2. The molecule has 1 fully saturated rings. The Morgan fingerprint density at radius 2 is 1.84 bits per heavy atom. The highest BCUT2D eigenvalue weighted by Crippen LogP contribution is 2.35. The highest BCUT2D eigenvalue weighted by Gasteiger charge is 2.35. The maximum absolute atomic E-state index is 12.8. The summed E-state index contributed by atoms with van der Waals surface area (Å²) in [5.74, 6) is 0.799. The maximum Gasteiger partial charge on any atom is 0.293 e. The van der Waals surface area contributed by atoms with E-state index in [1.165, 1.54) is 24.3 Å². The number of amides is 2. The Morgan fingerprint density at radius 1 is 1.12 bits per heavy atom. The molecule has 0 aromatic heterocycles. The van der Waals surface area contributed by atoms with E-state index in [-0.39, 0.29) is 23.6 Å². The Hall–Kier alpha value is -3.33. The minimum absolute atomic E-state index is 0.0379. The minimum atomic E-state index is -0.498. The van der Waals surface area contributed by atoms with Gasteiger partial charge in [0.2, 0.25) is 0 Å². The van der Waals surface area contributed by atoms with E-state index < -0.39 is 10.8 Å². The van der Waals surface area contributed by atoms with E-state index in [1.807, 2.05) is 26.8 Å². The van der Waals surface area contributed by atoms with Gasteiger partial charge in [0.05, 0.1) is 29.1 Å². The lowest BCUT2D eigenvalue weighted by Crippen LogP contribution is -2.27. The van der Waals surface area contributed by atoms with E-state index in [9.17, 15) is 19.7 Å². The highest BCUT2D eigenvalue weighted by atomic mass is 32.2. The summed E-state index contributed by atoms with van der Waals surface area (Å²) in [7, 11) is 0. The predicted molar refractivity (Wildman–Crippen MR) is 123 cm³/mol. The zero-order valence-electron chi connectivity index (χ0n) is 18.1. The molecule has 0 bridgehead atoms. The third kappa shape index (κ3) is 5.47. The molecular formula is C23H24N2O6S. The summed E-state index contributed by atoms with van der Waals surface area (Å²) in [6.07, 6.45) is 2.54. The Morgan fingerprint density at radius 3 is 2.47 bits per heavy atom. The first-order chi connectivity index (χ1) is 15.3. The molecule has 0 spiro atoms. The zero-order valence-corrected chi connectivity index (χ0v) is 18.9. The van der Waals surface area contributed by atoms with Crippen LogP contribution in [0.4, 0.5) is 10.5 Å². The van der Waals surface area contributed by atoms with Crippen LogP contribution in [0.3, 0.4) is 0 Å². The lowest BCUT2D eigenvalue weighted by molar-refractivity contribution is -0.384. The van der Waals surface area contributed by atoms with Crippen LogP contribution in [-0.2, 0) is 11.3 Å². The normalized spacial score (nSPS) is 15.8. The van der Waals surface area contributed by atoms with Gasteiger partial charge < -0.3 is 9.47 Å². The molecule has 168 valence electrons. The Labute approximate surface area is 190 Å². The number of ether oxygens (including phenoxy) is 2. The quantitative estimate of drug-likeness (QED) is 0.283. The van der Waals surface area contributed by atoms with Gasteiger partial charge in [-0.25, -0.2) is 0 Å². The number of nitro groups is 1. The predicted octanol–water partition coefficient (Wildman–Crippen LogP) is 5.41. The van der Waals surface area contributed by atoms with E-state index >= 15 is 0 Å². The van der Waals surface area contributed by atoms with Crippen LogP contribution in [0.1, 0.15) is 38.3 Å². The van der Waals surface area contributed by atoms with E-state index in [0.717, 1.165) is 23.1 Å². The maximum atomic E-state index is 12.8. The van der Waals surface area contributed by atoms with Crippen LogP contribution in [-0.4, -0.2) is 33.7 Å². The van der Waals surface area contributed by atoms with Crippen LogP contribution in [0, 0.1) is 10.1 Å². The third-order valence-corrected chi connectivity index (χ3v) is 5.74. The van der Waals surface area contributed by atoms with Crippen molar-refractivity contribution in [3.8, 4) is 11.5 Å². The second-order valence-electron chi connectivity index (χ2n) is 7.17. The topological polar surface area (TPSA) is 99.0 Å². The van der Waals surface area contributed by atoms with Gasteiger partial charge in [-0.1, -0.05) is 25.1 Å². The summed E-state index contributed by atoms with van der Waals surface area (Å²) in [6, 6.07) is 11.2. The van der Waals surface area contributed by atoms with Crippen LogP contribution >= 0.6 is 11.8 Å². The first-order valence-corrected chi connectivity index (χ1v) is 11.1. The number of nitro benzene ring substituents is 1. The average molecular weight is 457 g/mol. The molecule has 0 N–H and O–H groups in total. The Kier molecular flexibility index (Phi) is 7.53. The monoisotopic (exact) mass is 456 g/mol. The number of hydrogen-bond acceptors (Lipinski definition) is 7. The summed E-state index contributed by atoms with van der Waals surface area (Å²) >= 11 is 0.860. The van der Waals surface area contributed by atoms with Crippen molar-refractivity contribution in [1.82, 2.24) is 4.90 Å². The molecule has 1 atom stereocenters. The molecule has 0 radical (unpaired) electrons. The SMILES string of the molecule is CCOc1cc(/C=C2/SC(=O)N(Cc3ccc([N+](=O)[O-])cc3)C2=O)ccc1O[C@@H](C)CC. The number of imide groups is 1. The van der Waals surface area contributed by atoms with E-state index in [1.54, 1.807) is 18.2 Å². The van der Waals surface area contributed by atoms with E-state index in [0.29, 0.717) is 34.1 Å². The van der Waals surface area contributed by atoms with E-state index in [4.69, 9.17) is 9.47 Å². The van der Waals surface area contributed by atoms with Crippen LogP contribution in [0.2, 0.25) is 0 Å². The van der Waals surface area contributed by atoms with Crippen molar-refractivity contribution >= 4 is 34.7 Å². The lowest BCUT2D eigenvalue weighted by atomic mass is 10.1. The smallest absolute Gasteiger partial charge is 0.293 e. The second-order valence-corrected chi connectivity index (χ2v) is 8.16. The summed E-state index contributed by atoms with van der Waals surface area (Å²) in [4.78, 5) is 37.0. The van der Waals surface area contributed by atoms with Crippen LogP contribution in [0.15, 0.2) is 47.4 Å². The number of rotatable bonds is 9. The van der Waals surface area contributed by atoms with Gasteiger partial charge in [-0.05, 0) is 61.4 Å². The fourth-order valence-corrected chi connectivity index (χ4v) is 3.81. The lowest BCUT2D eigenvalue weighted by Gasteiger charge is -2.16. The van der Waals surface area contributed by atoms with Crippen molar-refractivity contribution in [3.05, 3.63) is 68.6 Å². The molecule has 1 aliphatic heterocycles. The fraction of sp³-hybridized carbons (Fsp3) is 0.304. The largest absolute Gasteiger partial charge is 0.490 e. The first kappa shape index (κ1) is 23.3. The third-order valence-electron chi connectivity index (χ3n) is 4.83. The van der Waals surface area contributed by atoms with Crippen LogP contribution in [0.25, 0.3) is 6.08 Å².